The molecule has 2 heterocycles. The van der Waals surface area contributed by atoms with Gasteiger partial charge in [0.2, 0.25) is 0 Å². The van der Waals surface area contributed by atoms with E-state index in [9.17, 15) is 9.59 Å². The molecule has 0 unspecified atom stereocenters. The molecule has 0 radical (unpaired) electrons. The van der Waals surface area contributed by atoms with Crippen molar-refractivity contribution < 1.29 is 14.3 Å². The Hall–Kier alpha value is -3.08. The maximum Gasteiger partial charge on any atom is 0.338 e. The predicted molar refractivity (Wildman–Crippen MR) is 106 cm³/mol. The molecule has 1 aromatic heterocycles. The number of nitrogens with one attached hydrogen (secondary N) is 2. The maximum absolute atomic E-state index is 12.2. The quantitative estimate of drug-likeness (QED) is 0.796. The molecule has 27 heavy (non-hydrogen) atoms. The van der Waals surface area contributed by atoms with Crippen LogP contribution in [-0.4, -0.2) is 24.0 Å². The zero-order valence-corrected chi connectivity index (χ0v) is 16.3. The van der Waals surface area contributed by atoms with Gasteiger partial charge in [-0.15, -0.1) is 0 Å². The van der Waals surface area contributed by atoms with Crippen LogP contribution in [0.4, 0.5) is 0 Å². The summed E-state index contributed by atoms with van der Waals surface area (Å²) in [6, 6.07) is 7.42. The number of carbonyl (C=O) groups excluding carboxylic acids is 2. The third-order valence-corrected chi connectivity index (χ3v) is 5.09. The molecule has 0 aliphatic carbocycles. The molecule has 0 bridgehead atoms. The van der Waals surface area contributed by atoms with Gasteiger partial charge in [0.1, 0.15) is 0 Å². The molecule has 3 rings (SSSR count). The Bertz CT molecular complexity index is 993. The number of ether oxygens (including phenoxy) is 1. The highest BCUT2D eigenvalue weighted by atomic mass is 16.5. The summed E-state index contributed by atoms with van der Waals surface area (Å²) in [5.74, 6) is -0.407. The summed E-state index contributed by atoms with van der Waals surface area (Å²) in [7, 11) is 1.38. The zero-order valence-electron chi connectivity index (χ0n) is 16.3. The molecule has 0 atom stereocenters. The van der Waals surface area contributed by atoms with Crippen LogP contribution in [0, 0.1) is 13.8 Å². The van der Waals surface area contributed by atoms with Crippen molar-refractivity contribution >= 4 is 18.0 Å². The van der Waals surface area contributed by atoms with Gasteiger partial charge in [-0.3, -0.25) is 4.79 Å². The average molecular weight is 364 g/mol. The summed E-state index contributed by atoms with van der Waals surface area (Å²) in [6.07, 6.45) is 2.76. The van der Waals surface area contributed by atoms with Crippen LogP contribution in [0.2, 0.25) is 0 Å². The number of H-pyrrole nitrogens is 1. The van der Waals surface area contributed by atoms with Gasteiger partial charge in [-0.2, -0.15) is 0 Å². The first-order valence-electron chi connectivity index (χ1n) is 8.99. The number of amides is 1. The van der Waals surface area contributed by atoms with Crippen LogP contribution in [0.1, 0.15) is 47.6 Å². The van der Waals surface area contributed by atoms with E-state index in [0.29, 0.717) is 5.56 Å². The minimum atomic E-state index is -0.361. The Labute approximate surface area is 159 Å². The van der Waals surface area contributed by atoms with Crippen LogP contribution in [0.25, 0.3) is 17.2 Å². The van der Waals surface area contributed by atoms with E-state index in [1.54, 1.807) is 6.07 Å². The van der Waals surface area contributed by atoms with Gasteiger partial charge >= 0.3 is 5.97 Å². The number of benzene rings is 1. The summed E-state index contributed by atoms with van der Waals surface area (Å²) in [5, 5.41) is 2.94. The van der Waals surface area contributed by atoms with E-state index >= 15 is 0 Å². The second kappa shape index (κ2) is 7.27. The number of hydrogen-bond donors (Lipinski definition) is 2. The van der Waals surface area contributed by atoms with Gasteiger partial charge in [0.25, 0.3) is 5.91 Å². The van der Waals surface area contributed by atoms with E-state index in [0.717, 1.165) is 51.3 Å². The molecule has 140 valence electrons. The molecule has 0 saturated carbocycles. The van der Waals surface area contributed by atoms with Crippen molar-refractivity contribution in [3.8, 4) is 11.1 Å². The average Bonchev–Trinajstić information content (AvgIpc) is 3.09. The molecule has 0 saturated heterocycles. The lowest BCUT2D eigenvalue weighted by molar-refractivity contribution is -0.116. The minimum absolute atomic E-state index is 0.0460. The van der Waals surface area contributed by atoms with E-state index < -0.39 is 0 Å². The number of methoxy groups -OCH3 is 1. The predicted octanol–water partition coefficient (Wildman–Crippen LogP) is 4.28. The fourth-order valence-corrected chi connectivity index (χ4v) is 3.67. The normalized spacial score (nSPS) is 15.4. The summed E-state index contributed by atoms with van der Waals surface area (Å²) in [5.41, 5.74) is 7.86. The van der Waals surface area contributed by atoms with Crippen molar-refractivity contribution in [2.24, 2.45) is 0 Å². The molecule has 1 amide bonds. The molecule has 2 aromatic rings. The van der Waals surface area contributed by atoms with Crippen LogP contribution < -0.4 is 5.32 Å². The molecule has 2 N–H and O–H groups in total. The van der Waals surface area contributed by atoms with Crippen molar-refractivity contribution in [2.75, 3.05) is 7.11 Å². The standard InChI is InChI=1S/C22H24N2O3/c1-6-15-12(2)21(25)24-19(15)11-18-13(3)20(14(4)23-18)16-9-7-8-10-17(16)22(26)27-5/h7-11,23H,6H2,1-5H3,(H,24,25)/b19-11-. The fourth-order valence-electron chi connectivity index (χ4n) is 3.67. The molecule has 5 nitrogen and oxygen atoms in total. The molecule has 0 spiro atoms. The zero-order chi connectivity index (χ0) is 19.7. The first kappa shape index (κ1) is 18.7. The molecule has 5 heteroatoms. The molecular weight excluding hydrogens is 340 g/mol. The second-order valence-corrected chi connectivity index (χ2v) is 6.67. The maximum atomic E-state index is 12.2. The Kier molecular flexibility index (Phi) is 5.04. The van der Waals surface area contributed by atoms with Gasteiger partial charge in [-0.05, 0) is 56.0 Å². The number of rotatable bonds is 4. The van der Waals surface area contributed by atoms with Crippen molar-refractivity contribution in [1.82, 2.24) is 10.3 Å². The monoisotopic (exact) mass is 364 g/mol. The highest BCUT2D eigenvalue weighted by molar-refractivity contribution is 6.01. The minimum Gasteiger partial charge on any atom is -0.465 e. The van der Waals surface area contributed by atoms with E-state index in [1.807, 2.05) is 52.0 Å². The third kappa shape index (κ3) is 3.21. The summed E-state index contributed by atoms with van der Waals surface area (Å²) < 4.78 is 4.93. The van der Waals surface area contributed by atoms with Crippen LogP contribution >= 0.6 is 0 Å². The number of aryl methyl sites for hydroxylation is 1. The topological polar surface area (TPSA) is 71.2 Å². The number of aromatic amines is 1. The van der Waals surface area contributed by atoms with E-state index in [1.165, 1.54) is 7.11 Å². The summed E-state index contributed by atoms with van der Waals surface area (Å²) >= 11 is 0. The second-order valence-electron chi connectivity index (χ2n) is 6.67. The lowest BCUT2D eigenvalue weighted by atomic mass is 9.96. The SMILES string of the molecule is CCC1=C(C)C(=O)N/C1=C\c1[nH]c(C)c(-c2ccccc2C(=O)OC)c1C. The summed E-state index contributed by atoms with van der Waals surface area (Å²) in [4.78, 5) is 27.6. The Morgan fingerprint density at radius 3 is 2.56 bits per heavy atom. The number of hydrogen-bond acceptors (Lipinski definition) is 3. The number of carbonyl (C=O) groups is 2. The number of esters is 1. The molecule has 1 aromatic carbocycles. The van der Waals surface area contributed by atoms with Gasteiger partial charge < -0.3 is 15.0 Å². The molecule has 1 aliphatic rings. The lowest BCUT2D eigenvalue weighted by Gasteiger charge is -2.09. The molecule has 0 fully saturated rings. The van der Waals surface area contributed by atoms with Crippen molar-refractivity contribution in [3.63, 3.8) is 0 Å². The van der Waals surface area contributed by atoms with Gasteiger partial charge in [-0.1, -0.05) is 25.1 Å². The Morgan fingerprint density at radius 2 is 1.89 bits per heavy atom. The van der Waals surface area contributed by atoms with Crippen LogP contribution in [0.15, 0.2) is 41.1 Å². The summed E-state index contributed by atoms with van der Waals surface area (Å²) in [6.45, 7) is 7.88. The number of aromatic nitrogens is 1. The Balaban J connectivity index is 2.12. The van der Waals surface area contributed by atoms with Crippen molar-refractivity contribution in [2.45, 2.75) is 34.1 Å². The van der Waals surface area contributed by atoms with Gasteiger partial charge in [0.05, 0.1) is 12.7 Å². The van der Waals surface area contributed by atoms with Crippen LogP contribution in [0.3, 0.4) is 0 Å². The lowest BCUT2D eigenvalue weighted by Crippen LogP contribution is -2.15. The van der Waals surface area contributed by atoms with Gasteiger partial charge in [-0.25, -0.2) is 4.79 Å². The largest absolute Gasteiger partial charge is 0.465 e. The highest BCUT2D eigenvalue weighted by Crippen LogP contribution is 2.34. The molecular formula is C22H24N2O3. The van der Waals surface area contributed by atoms with Gasteiger partial charge in [0.15, 0.2) is 0 Å². The third-order valence-electron chi connectivity index (χ3n) is 5.09. The smallest absolute Gasteiger partial charge is 0.338 e. The number of allylic oxidation sites excluding steroid dienone is 1. The van der Waals surface area contributed by atoms with Crippen LogP contribution in [-0.2, 0) is 9.53 Å². The van der Waals surface area contributed by atoms with E-state index in [-0.39, 0.29) is 11.9 Å². The van der Waals surface area contributed by atoms with Crippen LogP contribution in [0.5, 0.6) is 0 Å². The fraction of sp³-hybridized carbons (Fsp3) is 0.273. The molecule has 1 aliphatic heterocycles. The first-order chi connectivity index (χ1) is 12.9. The Morgan fingerprint density at radius 1 is 1.19 bits per heavy atom. The van der Waals surface area contributed by atoms with E-state index in [4.69, 9.17) is 4.74 Å². The first-order valence-corrected chi connectivity index (χ1v) is 8.99. The highest BCUT2D eigenvalue weighted by Gasteiger charge is 2.24. The van der Waals surface area contributed by atoms with Crippen molar-refractivity contribution in [1.29, 1.82) is 0 Å². The van der Waals surface area contributed by atoms with E-state index in [2.05, 4.69) is 10.3 Å². The van der Waals surface area contributed by atoms with Crippen molar-refractivity contribution in [3.05, 3.63) is 63.6 Å². The van der Waals surface area contributed by atoms with Gasteiger partial charge in [0, 0.05) is 28.2 Å².